The zero-order chi connectivity index (χ0) is 21.4. The van der Waals surface area contributed by atoms with E-state index in [-0.39, 0.29) is 11.4 Å². The number of nitrogens with zero attached hydrogens (tertiary/aromatic N) is 3. The molecule has 0 aliphatic heterocycles. The van der Waals surface area contributed by atoms with Crippen molar-refractivity contribution in [1.29, 1.82) is 0 Å². The second-order valence-electron chi connectivity index (χ2n) is 6.55. The molecule has 0 aliphatic carbocycles. The molecule has 0 bridgehead atoms. The number of sulfonamides is 1. The number of aromatic nitrogens is 2. The molecule has 0 spiro atoms. The lowest BCUT2D eigenvalue weighted by Crippen LogP contribution is -2.31. The van der Waals surface area contributed by atoms with Crippen LogP contribution in [0.15, 0.2) is 90.1 Å². The maximum absolute atomic E-state index is 13.4. The quantitative estimate of drug-likeness (QED) is 0.458. The van der Waals surface area contributed by atoms with E-state index in [2.05, 4.69) is 4.98 Å². The van der Waals surface area contributed by atoms with Crippen LogP contribution in [0.1, 0.15) is 11.3 Å². The number of benzene rings is 2. The highest BCUT2D eigenvalue weighted by Crippen LogP contribution is 2.31. The summed E-state index contributed by atoms with van der Waals surface area (Å²) >= 11 is 0. The van der Waals surface area contributed by atoms with Gasteiger partial charge in [-0.05, 0) is 48.5 Å². The molecule has 0 saturated carbocycles. The van der Waals surface area contributed by atoms with Crippen molar-refractivity contribution >= 4 is 21.4 Å². The zero-order valence-corrected chi connectivity index (χ0v) is 16.3. The molecule has 0 atom stereocenters. The van der Waals surface area contributed by atoms with Crippen LogP contribution < -0.4 is 4.31 Å². The lowest BCUT2D eigenvalue weighted by molar-refractivity contribution is -0.137. The Bertz CT molecular complexity index is 1270. The van der Waals surface area contributed by atoms with Crippen molar-refractivity contribution in [3.8, 4) is 0 Å². The first-order chi connectivity index (χ1) is 14.3. The molecule has 4 aromatic rings. The monoisotopic (exact) mass is 431 g/mol. The number of alkyl halides is 3. The Labute approximate surface area is 171 Å². The lowest BCUT2D eigenvalue weighted by atomic mass is 10.2. The summed E-state index contributed by atoms with van der Waals surface area (Å²) in [5, 5.41) is 0. The summed E-state index contributed by atoms with van der Waals surface area (Å²) in [4.78, 5) is 4.05. The Kier molecular flexibility index (Phi) is 4.98. The Morgan fingerprint density at radius 2 is 1.57 bits per heavy atom. The predicted octanol–water partition coefficient (Wildman–Crippen LogP) is 4.75. The highest BCUT2D eigenvalue weighted by molar-refractivity contribution is 7.92. The molecule has 2 aromatic carbocycles. The van der Waals surface area contributed by atoms with E-state index < -0.39 is 21.8 Å². The summed E-state index contributed by atoms with van der Waals surface area (Å²) in [6.07, 6.45) is -1.20. The van der Waals surface area contributed by atoms with Crippen molar-refractivity contribution in [2.45, 2.75) is 17.6 Å². The van der Waals surface area contributed by atoms with E-state index >= 15 is 0 Å². The van der Waals surface area contributed by atoms with Gasteiger partial charge in [0.25, 0.3) is 10.0 Å². The second kappa shape index (κ2) is 7.49. The Morgan fingerprint density at radius 3 is 2.23 bits per heavy atom. The van der Waals surface area contributed by atoms with Gasteiger partial charge in [0.1, 0.15) is 5.65 Å². The minimum Gasteiger partial charge on any atom is -0.302 e. The molecule has 154 valence electrons. The Hall–Kier alpha value is -3.33. The number of fused-ring (bicyclic) bond motifs is 1. The van der Waals surface area contributed by atoms with Gasteiger partial charge in [0.15, 0.2) is 0 Å². The first kappa shape index (κ1) is 20.0. The van der Waals surface area contributed by atoms with Gasteiger partial charge in [0, 0.05) is 6.20 Å². The third-order valence-corrected chi connectivity index (χ3v) is 6.40. The fourth-order valence-electron chi connectivity index (χ4n) is 3.10. The number of anilines is 1. The van der Waals surface area contributed by atoms with Gasteiger partial charge >= 0.3 is 6.18 Å². The Balaban J connectivity index is 1.78. The number of hydrogen-bond donors (Lipinski definition) is 0. The fraction of sp³-hybridized carbons (Fsp3) is 0.0952. The molecule has 2 aromatic heterocycles. The normalized spacial score (nSPS) is 12.2. The summed E-state index contributed by atoms with van der Waals surface area (Å²) in [6.45, 7) is -0.0431. The smallest absolute Gasteiger partial charge is 0.302 e. The van der Waals surface area contributed by atoms with Gasteiger partial charge in [0.2, 0.25) is 0 Å². The number of halogens is 3. The molecule has 0 amide bonds. The highest BCUT2D eigenvalue weighted by Gasteiger charge is 2.32. The summed E-state index contributed by atoms with van der Waals surface area (Å²) in [6, 6.07) is 17.3. The van der Waals surface area contributed by atoms with Crippen molar-refractivity contribution in [2.24, 2.45) is 0 Å². The van der Waals surface area contributed by atoms with E-state index in [4.69, 9.17) is 0 Å². The second-order valence-corrected chi connectivity index (χ2v) is 8.41. The minimum absolute atomic E-state index is 0.0431. The SMILES string of the molecule is O=S(=O)(c1ccc(C(F)(F)F)cc1)N(Cc1cnc2ccccn12)c1ccccc1. The van der Waals surface area contributed by atoms with E-state index in [1.54, 1.807) is 59.3 Å². The van der Waals surface area contributed by atoms with E-state index in [1.807, 2.05) is 6.07 Å². The third kappa shape index (κ3) is 3.76. The molecule has 0 fully saturated rings. The van der Waals surface area contributed by atoms with Gasteiger partial charge in [-0.3, -0.25) is 4.31 Å². The zero-order valence-electron chi connectivity index (χ0n) is 15.5. The summed E-state index contributed by atoms with van der Waals surface area (Å²) in [5.74, 6) is 0. The lowest BCUT2D eigenvalue weighted by Gasteiger charge is -2.24. The van der Waals surface area contributed by atoms with E-state index in [1.165, 1.54) is 0 Å². The van der Waals surface area contributed by atoms with Gasteiger partial charge < -0.3 is 4.40 Å². The van der Waals surface area contributed by atoms with Crippen LogP contribution in [0.3, 0.4) is 0 Å². The molecular formula is C21H16F3N3O2S. The number of hydrogen-bond acceptors (Lipinski definition) is 3. The molecule has 0 N–H and O–H groups in total. The van der Waals surface area contributed by atoms with Gasteiger partial charge in [-0.2, -0.15) is 13.2 Å². The van der Waals surface area contributed by atoms with Crippen molar-refractivity contribution in [1.82, 2.24) is 9.38 Å². The molecule has 4 rings (SSSR count). The topological polar surface area (TPSA) is 54.7 Å². The molecular weight excluding hydrogens is 415 g/mol. The molecule has 0 saturated heterocycles. The molecule has 0 aliphatic rings. The third-order valence-electron chi connectivity index (χ3n) is 4.61. The summed E-state index contributed by atoms with van der Waals surface area (Å²) < 4.78 is 68.3. The molecule has 5 nitrogen and oxygen atoms in total. The van der Waals surface area contributed by atoms with Crippen molar-refractivity contribution in [2.75, 3.05) is 4.31 Å². The van der Waals surface area contributed by atoms with E-state index in [9.17, 15) is 21.6 Å². The highest BCUT2D eigenvalue weighted by atomic mass is 32.2. The van der Waals surface area contributed by atoms with Crippen LogP contribution in [-0.4, -0.2) is 17.8 Å². The van der Waals surface area contributed by atoms with Crippen LogP contribution in [0.5, 0.6) is 0 Å². The first-order valence-electron chi connectivity index (χ1n) is 8.93. The van der Waals surface area contributed by atoms with Crippen LogP contribution in [0.2, 0.25) is 0 Å². The number of imidazole rings is 1. The first-order valence-corrected chi connectivity index (χ1v) is 10.4. The maximum atomic E-state index is 13.4. The average Bonchev–Trinajstić information content (AvgIpc) is 3.15. The average molecular weight is 431 g/mol. The van der Waals surface area contributed by atoms with Gasteiger partial charge in [0.05, 0.1) is 34.6 Å². The largest absolute Gasteiger partial charge is 0.416 e. The van der Waals surface area contributed by atoms with Crippen molar-refractivity contribution in [3.63, 3.8) is 0 Å². The standard InChI is InChI=1S/C21H16F3N3O2S/c22-21(23,24)16-9-11-19(12-10-16)30(28,29)27(17-6-2-1-3-7-17)15-18-14-25-20-8-4-5-13-26(18)20/h1-14H,15H2. The molecule has 2 heterocycles. The van der Waals surface area contributed by atoms with E-state index in [0.717, 1.165) is 28.6 Å². The summed E-state index contributed by atoms with van der Waals surface area (Å²) in [7, 11) is -4.14. The van der Waals surface area contributed by atoms with Crippen LogP contribution in [0, 0.1) is 0 Å². The fourth-order valence-corrected chi connectivity index (χ4v) is 4.54. The van der Waals surface area contributed by atoms with Crippen LogP contribution in [0.25, 0.3) is 5.65 Å². The van der Waals surface area contributed by atoms with Crippen LogP contribution >= 0.6 is 0 Å². The molecule has 30 heavy (non-hydrogen) atoms. The van der Waals surface area contributed by atoms with Crippen LogP contribution in [-0.2, 0) is 22.7 Å². The molecule has 0 unspecified atom stereocenters. The van der Waals surface area contributed by atoms with E-state index in [0.29, 0.717) is 17.0 Å². The van der Waals surface area contributed by atoms with Gasteiger partial charge in [-0.1, -0.05) is 24.3 Å². The van der Waals surface area contributed by atoms with Crippen molar-refractivity contribution in [3.05, 3.63) is 96.4 Å². The van der Waals surface area contributed by atoms with Crippen LogP contribution in [0.4, 0.5) is 18.9 Å². The maximum Gasteiger partial charge on any atom is 0.416 e. The Morgan fingerprint density at radius 1 is 0.900 bits per heavy atom. The van der Waals surface area contributed by atoms with Gasteiger partial charge in [-0.25, -0.2) is 13.4 Å². The summed E-state index contributed by atoms with van der Waals surface area (Å²) in [5.41, 5.74) is 0.759. The number of rotatable bonds is 5. The molecule has 0 radical (unpaired) electrons. The van der Waals surface area contributed by atoms with Crippen molar-refractivity contribution < 1.29 is 21.6 Å². The predicted molar refractivity (Wildman–Crippen MR) is 106 cm³/mol. The number of para-hydroxylation sites is 1. The van der Waals surface area contributed by atoms with Gasteiger partial charge in [-0.15, -0.1) is 0 Å². The minimum atomic E-state index is -4.54. The number of pyridine rings is 1. The molecule has 9 heteroatoms.